The smallest absolute Gasteiger partial charge is 0.00139 e. The molecule has 0 radical (unpaired) electrons. The molecule has 0 aromatic heterocycles. The summed E-state index contributed by atoms with van der Waals surface area (Å²) in [5.74, 6) is 0. The van der Waals surface area contributed by atoms with E-state index in [0.29, 0.717) is 0 Å². The molecule has 0 aliphatic carbocycles. The van der Waals surface area contributed by atoms with Crippen LogP contribution in [0.1, 0.15) is 0 Å². The van der Waals surface area contributed by atoms with Crippen LogP contribution in [0.25, 0.3) is 165 Å². The van der Waals surface area contributed by atoms with Gasteiger partial charge in [-0.3, -0.25) is 0 Å². The highest BCUT2D eigenvalue weighted by molar-refractivity contribution is 6.32. The highest BCUT2D eigenvalue weighted by atomic mass is 14.3. The van der Waals surface area contributed by atoms with Crippen LogP contribution in [-0.2, 0) is 0 Å². The number of rotatable bonds is 9. The van der Waals surface area contributed by atoms with Gasteiger partial charge in [0.2, 0.25) is 0 Å². The summed E-state index contributed by atoms with van der Waals surface area (Å²) in [4.78, 5) is 0. The minimum atomic E-state index is 1.18. The summed E-state index contributed by atoms with van der Waals surface area (Å²) in [6.45, 7) is 0. The van der Waals surface area contributed by atoms with E-state index >= 15 is 0 Å². The van der Waals surface area contributed by atoms with Crippen molar-refractivity contribution in [2.24, 2.45) is 0 Å². The van der Waals surface area contributed by atoms with Crippen LogP contribution in [0.3, 0.4) is 0 Å². The van der Waals surface area contributed by atoms with Gasteiger partial charge >= 0.3 is 0 Å². The van der Waals surface area contributed by atoms with E-state index in [1.165, 1.54) is 165 Å². The van der Waals surface area contributed by atoms with Gasteiger partial charge in [0.05, 0.1) is 0 Å². The fraction of sp³-hybridized carbons (Fsp3) is 0. The van der Waals surface area contributed by atoms with Crippen molar-refractivity contribution in [1.29, 1.82) is 0 Å². The summed E-state index contributed by atoms with van der Waals surface area (Å²) in [7, 11) is 0. The molecule has 0 saturated heterocycles. The third kappa shape index (κ3) is 8.07. The van der Waals surface area contributed by atoms with Gasteiger partial charge in [0.1, 0.15) is 0 Å². The summed E-state index contributed by atoms with van der Waals surface area (Å²) in [5, 5.41) is 15.0. The van der Waals surface area contributed by atoms with E-state index in [2.05, 4.69) is 315 Å². The molecule has 0 heteroatoms. The minimum absolute atomic E-state index is 1.18. The van der Waals surface area contributed by atoms with Crippen molar-refractivity contribution >= 4 is 64.6 Å². The molecule has 0 heterocycles. The molecule has 0 aliphatic heterocycles. The van der Waals surface area contributed by atoms with Crippen LogP contribution >= 0.6 is 0 Å². The first-order valence-corrected chi connectivity index (χ1v) is 28.5. The summed E-state index contributed by atoms with van der Waals surface area (Å²) in [6, 6.07) is 117. The summed E-state index contributed by atoms with van der Waals surface area (Å²) in [6.07, 6.45) is 0. The molecule has 82 heavy (non-hydrogen) atoms. The van der Waals surface area contributed by atoms with Gasteiger partial charge in [-0.05, 0) is 195 Å². The zero-order valence-corrected chi connectivity index (χ0v) is 45.0. The van der Waals surface area contributed by atoms with E-state index in [4.69, 9.17) is 0 Å². The molecule has 0 fully saturated rings. The van der Waals surface area contributed by atoms with Crippen LogP contribution in [0.4, 0.5) is 0 Å². The van der Waals surface area contributed by atoms with Crippen molar-refractivity contribution in [3.8, 4) is 100 Å². The molecular formula is C82H52. The third-order valence-electron chi connectivity index (χ3n) is 17.2. The molecule has 0 bridgehead atoms. The first-order chi connectivity index (χ1) is 40.6. The van der Waals surface area contributed by atoms with Crippen molar-refractivity contribution in [3.63, 3.8) is 0 Å². The molecule has 0 N–H and O–H groups in total. The first-order valence-electron chi connectivity index (χ1n) is 28.5. The van der Waals surface area contributed by atoms with Gasteiger partial charge in [-0.15, -0.1) is 0 Å². The van der Waals surface area contributed by atoms with Gasteiger partial charge in [-0.25, -0.2) is 0 Å². The van der Waals surface area contributed by atoms with E-state index in [1.54, 1.807) is 0 Å². The maximum atomic E-state index is 2.48. The number of hydrogen-bond donors (Lipinski definition) is 0. The number of benzene rings is 16. The predicted molar refractivity (Wildman–Crippen MR) is 352 cm³/mol. The van der Waals surface area contributed by atoms with Gasteiger partial charge in [-0.2, -0.15) is 0 Å². The largest absolute Gasteiger partial charge is 0.0622 e. The molecule has 16 aromatic carbocycles. The Labute approximate surface area is 477 Å². The third-order valence-corrected chi connectivity index (χ3v) is 17.2. The Kier molecular flexibility index (Phi) is 11.3. The lowest BCUT2D eigenvalue weighted by Gasteiger charge is -2.22. The standard InChI is InChI=1S/C82H52/c1-3-16-53(17-4-1)64-48-65(54-18-5-2-6-19-54)50-66(49-64)80-52-79(63-42-36-60(37-43-63)72-31-15-25-57-22-9-12-28-69(57)72)75-45-44-73-77(61-38-32-58(33-39-61)70-29-13-23-55-20-7-10-26-67(55)70)51-78(74-46-47-76(80)82(75)81(73)74)62-40-34-59(35-41-62)71-30-14-24-56-21-8-11-27-68(56)71/h1-52H. The van der Waals surface area contributed by atoms with Gasteiger partial charge < -0.3 is 0 Å². The Morgan fingerprint density at radius 3 is 0.707 bits per heavy atom. The lowest BCUT2D eigenvalue weighted by Crippen LogP contribution is -1.95. The Morgan fingerprint density at radius 2 is 0.378 bits per heavy atom. The Hall–Kier alpha value is -10.7. The molecule has 380 valence electrons. The predicted octanol–water partition coefficient (Wildman–Crippen LogP) is 23.0. The molecule has 16 aromatic rings. The van der Waals surface area contributed by atoms with Crippen molar-refractivity contribution in [2.45, 2.75) is 0 Å². The topological polar surface area (TPSA) is 0 Å². The van der Waals surface area contributed by atoms with Crippen molar-refractivity contribution in [1.82, 2.24) is 0 Å². The van der Waals surface area contributed by atoms with E-state index < -0.39 is 0 Å². The lowest BCUT2D eigenvalue weighted by atomic mass is 9.81. The molecule has 0 aliphatic rings. The highest BCUT2D eigenvalue weighted by Crippen LogP contribution is 2.50. The quantitative estimate of drug-likeness (QED) is 0.126. The zero-order chi connectivity index (χ0) is 54.1. The van der Waals surface area contributed by atoms with Crippen molar-refractivity contribution in [3.05, 3.63) is 315 Å². The average Bonchev–Trinajstić information content (AvgIpc) is 3.74. The second kappa shape index (κ2) is 19.6. The molecule has 0 atom stereocenters. The second-order valence-corrected chi connectivity index (χ2v) is 21.9. The molecule has 0 unspecified atom stereocenters. The normalized spacial score (nSPS) is 11.7. The number of fused-ring (bicyclic) bond motifs is 3. The fourth-order valence-electron chi connectivity index (χ4n) is 13.2. The maximum absolute atomic E-state index is 2.48. The lowest BCUT2D eigenvalue weighted by molar-refractivity contribution is 1.57. The van der Waals surface area contributed by atoms with Crippen LogP contribution in [0.15, 0.2) is 315 Å². The molecule has 0 spiro atoms. The monoisotopic (exact) mass is 1040 g/mol. The van der Waals surface area contributed by atoms with E-state index in [9.17, 15) is 0 Å². The average molecular weight is 1040 g/mol. The van der Waals surface area contributed by atoms with Gasteiger partial charge in [0, 0.05) is 0 Å². The minimum Gasteiger partial charge on any atom is -0.0622 e. The molecule has 0 saturated carbocycles. The summed E-state index contributed by atoms with van der Waals surface area (Å²) >= 11 is 0. The first kappa shape index (κ1) is 47.3. The maximum Gasteiger partial charge on any atom is -0.00139 e. The summed E-state index contributed by atoms with van der Waals surface area (Å²) in [5.41, 5.74) is 21.6. The Bertz CT molecular complexity index is 4870. The van der Waals surface area contributed by atoms with E-state index in [-0.39, 0.29) is 0 Å². The molecule has 0 nitrogen and oxygen atoms in total. The molecule has 16 rings (SSSR count). The van der Waals surface area contributed by atoms with Crippen LogP contribution in [-0.4, -0.2) is 0 Å². The SMILES string of the molecule is c1ccc(-c2cc(-c3ccccc3)cc(-c3cc(-c4ccc(-c5cccc6ccccc56)cc4)c4ccc5c(-c6ccc(-c7cccc8ccccc78)cc6)cc(-c6ccc(-c7cccc8ccccc78)cc6)c6ccc3c4c56)c2)cc1. The molecule has 0 amide bonds. The van der Waals surface area contributed by atoms with E-state index in [1.807, 2.05) is 0 Å². The Balaban J connectivity index is 0.961. The zero-order valence-electron chi connectivity index (χ0n) is 45.0. The van der Waals surface area contributed by atoms with Crippen LogP contribution in [0.2, 0.25) is 0 Å². The van der Waals surface area contributed by atoms with Crippen molar-refractivity contribution in [2.75, 3.05) is 0 Å². The van der Waals surface area contributed by atoms with Crippen molar-refractivity contribution < 1.29 is 0 Å². The van der Waals surface area contributed by atoms with Crippen LogP contribution in [0, 0.1) is 0 Å². The Morgan fingerprint density at radius 1 is 0.122 bits per heavy atom. The van der Waals surface area contributed by atoms with Gasteiger partial charge in [-0.1, -0.05) is 285 Å². The fourth-order valence-corrected chi connectivity index (χ4v) is 13.2. The van der Waals surface area contributed by atoms with Crippen LogP contribution < -0.4 is 0 Å². The van der Waals surface area contributed by atoms with E-state index in [0.717, 1.165) is 0 Å². The second-order valence-electron chi connectivity index (χ2n) is 21.9. The highest BCUT2D eigenvalue weighted by Gasteiger charge is 2.23. The number of hydrogen-bond acceptors (Lipinski definition) is 0. The van der Waals surface area contributed by atoms with Gasteiger partial charge in [0.15, 0.2) is 0 Å². The summed E-state index contributed by atoms with van der Waals surface area (Å²) < 4.78 is 0. The van der Waals surface area contributed by atoms with Crippen LogP contribution in [0.5, 0.6) is 0 Å². The van der Waals surface area contributed by atoms with Gasteiger partial charge in [0.25, 0.3) is 0 Å². The molecular weight excluding hydrogens is 985 g/mol.